The van der Waals surface area contributed by atoms with Gasteiger partial charge in [-0.15, -0.1) is 0 Å². The topological polar surface area (TPSA) is 167 Å². The standard InChI is InChI=1S/C21H14N2O7S.Na/c22-18-15(31(28,29)30)9-14(23-13-8-4-3-7-12(13)21(26)27)16-17(18)20(25)11-6-2-1-5-10(11)19(16)24;/h1-9,23H,22H2,(H,26,27)(H,28,29,30);/q;+1/p-1. The second-order valence-electron chi connectivity index (χ2n) is 6.72. The molecule has 1 aliphatic rings. The van der Waals surface area contributed by atoms with E-state index < -0.39 is 43.8 Å². The number of benzene rings is 3. The van der Waals surface area contributed by atoms with E-state index >= 15 is 0 Å². The average Bonchev–Trinajstić information content (AvgIpc) is 2.72. The third-order valence-electron chi connectivity index (χ3n) is 4.90. The van der Waals surface area contributed by atoms with Gasteiger partial charge >= 0.3 is 35.5 Å². The van der Waals surface area contributed by atoms with E-state index in [1.807, 2.05) is 0 Å². The van der Waals surface area contributed by atoms with E-state index in [2.05, 4.69) is 5.32 Å². The van der Waals surface area contributed by atoms with Crippen molar-refractivity contribution in [1.29, 1.82) is 0 Å². The quantitative estimate of drug-likeness (QED) is 0.205. The maximum atomic E-state index is 13.2. The first kappa shape index (κ1) is 23.6. The number of carboxylic acids is 1. The molecule has 0 saturated carbocycles. The van der Waals surface area contributed by atoms with Crippen molar-refractivity contribution >= 4 is 44.7 Å². The summed E-state index contributed by atoms with van der Waals surface area (Å²) in [6.07, 6.45) is 0. The number of carbonyl (C=O) groups excluding carboxylic acids is 2. The van der Waals surface area contributed by atoms with E-state index in [0.29, 0.717) is 0 Å². The number of fused-ring (bicyclic) bond motifs is 2. The van der Waals surface area contributed by atoms with Crippen molar-refractivity contribution in [1.82, 2.24) is 0 Å². The Morgan fingerprint density at radius 3 is 2.00 bits per heavy atom. The van der Waals surface area contributed by atoms with Gasteiger partial charge in [0, 0.05) is 11.1 Å². The summed E-state index contributed by atoms with van der Waals surface area (Å²) in [5.74, 6) is -2.62. The first-order valence-corrected chi connectivity index (χ1v) is 10.2. The van der Waals surface area contributed by atoms with Crippen molar-refractivity contribution in [3.63, 3.8) is 0 Å². The Bertz CT molecular complexity index is 1420. The first-order chi connectivity index (χ1) is 14.6. The molecule has 156 valence electrons. The fourth-order valence-corrected chi connectivity index (χ4v) is 4.16. The summed E-state index contributed by atoms with van der Waals surface area (Å²) < 4.78 is 35.4. The Labute approximate surface area is 204 Å². The summed E-state index contributed by atoms with van der Waals surface area (Å²) in [4.78, 5) is 36.9. The zero-order valence-electron chi connectivity index (χ0n) is 16.6. The Morgan fingerprint density at radius 2 is 1.44 bits per heavy atom. The van der Waals surface area contributed by atoms with Crippen LogP contribution in [0.4, 0.5) is 17.1 Å². The van der Waals surface area contributed by atoms with Gasteiger partial charge in [0.15, 0.2) is 11.6 Å². The molecule has 0 unspecified atom stereocenters. The third-order valence-corrected chi connectivity index (χ3v) is 5.77. The normalized spacial score (nSPS) is 12.4. The van der Waals surface area contributed by atoms with Gasteiger partial charge in [0.2, 0.25) is 0 Å². The van der Waals surface area contributed by atoms with Crippen LogP contribution in [-0.2, 0) is 10.1 Å². The van der Waals surface area contributed by atoms with Crippen molar-refractivity contribution < 1.29 is 62.0 Å². The van der Waals surface area contributed by atoms with Crippen LogP contribution in [0.2, 0.25) is 0 Å². The number of anilines is 3. The van der Waals surface area contributed by atoms with Crippen molar-refractivity contribution in [2.24, 2.45) is 0 Å². The molecular weight excluding hydrogens is 447 g/mol. The molecule has 32 heavy (non-hydrogen) atoms. The van der Waals surface area contributed by atoms with Crippen LogP contribution in [0.5, 0.6) is 0 Å². The van der Waals surface area contributed by atoms with Crippen LogP contribution in [0.25, 0.3) is 0 Å². The maximum Gasteiger partial charge on any atom is 1.00 e. The summed E-state index contributed by atoms with van der Waals surface area (Å²) in [6.45, 7) is 0. The van der Waals surface area contributed by atoms with E-state index in [1.54, 1.807) is 6.07 Å². The number of carboxylic acid groups (broad SMARTS) is 1. The number of nitrogen functional groups attached to an aromatic ring is 1. The number of hydrogen-bond acceptors (Lipinski definition) is 8. The van der Waals surface area contributed by atoms with E-state index in [9.17, 15) is 32.5 Å². The maximum absolute atomic E-state index is 13.2. The van der Waals surface area contributed by atoms with Gasteiger partial charge in [-0.05, 0) is 18.2 Å². The molecule has 0 atom stereocenters. The molecule has 0 aliphatic heterocycles. The molecule has 3 aromatic rings. The van der Waals surface area contributed by atoms with E-state index in [-0.39, 0.29) is 63.2 Å². The molecule has 0 radical (unpaired) electrons. The number of ketones is 2. The van der Waals surface area contributed by atoms with Gasteiger partial charge in [0.05, 0.1) is 38.6 Å². The van der Waals surface area contributed by atoms with Crippen LogP contribution in [0.1, 0.15) is 42.2 Å². The van der Waals surface area contributed by atoms with Gasteiger partial charge in [0.1, 0.15) is 10.1 Å². The monoisotopic (exact) mass is 460 g/mol. The van der Waals surface area contributed by atoms with Crippen molar-refractivity contribution in [2.75, 3.05) is 11.1 Å². The van der Waals surface area contributed by atoms with Crippen LogP contribution in [0, 0.1) is 0 Å². The van der Waals surface area contributed by atoms with Gasteiger partial charge < -0.3 is 20.7 Å². The van der Waals surface area contributed by atoms with Gasteiger partial charge in [-0.25, -0.2) is 13.2 Å². The predicted octanol–water partition coefficient (Wildman–Crippen LogP) is -0.606. The van der Waals surface area contributed by atoms with Gasteiger partial charge in [-0.3, -0.25) is 9.59 Å². The molecule has 0 aromatic heterocycles. The first-order valence-electron chi connectivity index (χ1n) is 8.81. The van der Waals surface area contributed by atoms with Crippen LogP contribution in [0.15, 0.2) is 59.5 Å². The van der Waals surface area contributed by atoms with Crippen molar-refractivity contribution in [3.8, 4) is 0 Å². The molecule has 4 rings (SSSR count). The molecule has 0 bridgehead atoms. The zero-order chi connectivity index (χ0) is 22.5. The van der Waals surface area contributed by atoms with E-state index in [4.69, 9.17) is 5.73 Å². The fraction of sp³-hybridized carbons (Fsp3) is 0. The zero-order valence-corrected chi connectivity index (χ0v) is 19.4. The largest absolute Gasteiger partial charge is 1.00 e. The Hall–Kier alpha value is -3.02. The summed E-state index contributed by atoms with van der Waals surface area (Å²) >= 11 is 0. The van der Waals surface area contributed by atoms with Gasteiger partial charge in [-0.2, -0.15) is 0 Å². The number of nitrogens with two attached hydrogens (primary N) is 1. The molecule has 0 fully saturated rings. The van der Waals surface area contributed by atoms with Crippen molar-refractivity contribution in [3.05, 3.63) is 82.4 Å². The minimum absolute atomic E-state index is 0. The summed E-state index contributed by atoms with van der Waals surface area (Å²) in [7, 11) is -5.12. The molecule has 0 heterocycles. The molecule has 1 aliphatic carbocycles. The Kier molecular flexibility index (Phi) is 6.27. The van der Waals surface area contributed by atoms with Crippen LogP contribution < -0.4 is 40.6 Å². The SMILES string of the molecule is Nc1c(S(=O)(=O)[O-])cc(Nc2ccccc2C(=O)O)c2c1C(=O)c1ccccc1C2=O.[Na+]. The fourth-order valence-electron chi connectivity index (χ4n) is 3.52. The molecule has 0 spiro atoms. The third kappa shape index (κ3) is 3.83. The number of carbonyl (C=O) groups is 3. The molecule has 9 nitrogen and oxygen atoms in total. The number of para-hydroxylation sites is 1. The second-order valence-corrected chi connectivity index (χ2v) is 8.07. The predicted molar refractivity (Wildman–Crippen MR) is 109 cm³/mol. The van der Waals surface area contributed by atoms with Gasteiger partial charge in [0.25, 0.3) is 0 Å². The number of nitrogens with one attached hydrogen (secondary N) is 1. The Morgan fingerprint density at radius 1 is 0.906 bits per heavy atom. The Balaban J connectivity index is 0.00000289. The van der Waals surface area contributed by atoms with Crippen molar-refractivity contribution in [2.45, 2.75) is 4.90 Å². The minimum Gasteiger partial charge on any atom is -0.744 e. The number of aromatic carboxylic acids is 1. The van der Waals surface area contributed by atoms with Crippen LogP contribution in [0.3, 0.4) is 0 Å². The summed E-state index contributed by atoms with van der Waals surface area (Å²) in [5.41, 5.74) is 4.30. The molecule has 11 heteroatoms. The van der Waals surface area contributed by atoms with Gasteiger partial charge in [-0.1, -0.05) is 36.4 Å². The summed E-state index contributed by atoms with van der Waals surface area (Å²) in [6, 6.07) is 12.4. The van der Waals surface area contributed by atoms with Crippen LogP contribution in [-0.4, -0.2) is 35.6 Å². The smallest absolute Gasteiger partial charge is 0.744 e. The average molecular weight is 460 g/mol. The second kappa shape index (κ2) is 8.49. The molecule has 0 saturated heterocycles. The minimum atomic E-state index is -5.12. The number of rotatable bonds is 4. The van der Waals surface area contributed by atoms with E-state index in [0.717, 1.165) is 6.07 Å². The molecule has 4 N–H and O–H groups in total. The molecule has 0 amide bonds. The van der Waals surface area contributed by atoms with E-state index in [1.165, 1.54) is 42.5 Å². The molecule has 3 aromatic carbocycles. The number of hydrogen-bond donors (Lipinski definition) is 3. The summed E-state index contributed by atoms with van der Waals surface area (Å²) in [5, 5.41) is 12.1. The van der Waals surface area contributed by atoms with Crippen LogP contribution >= 0.6 is 0 Å². The molecular formula is C21H13N2NaO7S.